The summed E-state index contributed by atoms with van der Waals surface area (Å²) in [7, 11) is 0. The van der Waals surface area contributed by atoms with Crippen molar-refractivity contribution in [1.29, 1.82) is 0 Å². The van der Waals surface area contributed by atoms with Gasteiger partial charge >= 0.3 is 0 Å². The number of nitrogens with one attached hydrogen (secondary N) is 1. The van der Waals surface area contributed by atoms with Crippen LogP contribution in [-0.2, 0) is 0 Å². The van der Waals surface area contributed by atoms with Crippen LogP contribution in [0.25, 0.3) is 10.1 Å². The highest BCUT2D eigenvalue weighted by Crippen LogP contribution is 2.33. The van der Waals surface area contributed by atoms with Gasteiger partial charge in [-0.3, -0.25) is 5.84 Å². The molecule has 0 aliphatic heterocycles. The zero-order valence-electron chi connectivity index (χ0n) is 11.1. The average molecular weight is 303 g/mol. The van der Waals surface area contributed by atoms with Gasteiger partial charge in [-0.05, 0) is 52.6 Å². The van der Waals surface area contributed by atoms with Crippen LogP contribution >= 0.6 is 22.9 Å². The smallest absolute Gasteiger partial charge is 0.0726 e. The van der Waals surface area contributed by atoms with Gasteiger partial charge in [0.25, 0.3) is 0 Å². The van der Waals surface area contributed by atoms with Crippen LogP contribution in [0.1, 0.15) is 22.7 Å². The Morgan fingerprint density at radius 2 is 2.00 bits per heavy atom. The molecule has 0 bridgehead atoms. The maximum atomic E-state index is 6.04. The molecule has 0 spiro atoms. The summed E-state index contributed by atoms with van der Waals surface area (Å²) >= 11 is 7.78. The fourth-order valence-corrected chi connectivity index (χ4v) is 3.73. The van der Waals surface area contributed by atoms with E-state index in [1.54, 1.807) is 11.3 Å². The summed E-state index contributed by atoms with van der Waals surface area (Å²) in [6.07, 6.45) is 0. The van der Waals surface area contributed by atoms with Gasteiger partial charge in [0.2, 0.25) is 0 Å². The Morgan fingerprint density at radius 3 is 2.75 bits per heavy atom. The van der Waals surface area contributed by atoms with Crippen molar-refractivity contribution >= 4 is 33.0 Å². The van der Waals surface area contributed by atoms with Crippen molar-refractivity contribution in [2.45, 2.75) is 13.0 Å². The van der Waals surface area contributed by atoms with Gasteiger partial charge in [-0.1, -0.05) is 35.9 Å². The highest BCUT2D eigenvalue weighted by molar-refractivity contribution is 7.17. The summed E-state index contributed by atoms with van der Waals surface area (Å²) < 4.78 is 1.27. The van der Waals surface area contributed by atoms with Gasteiger partial charge in [-0.15, -0.1) is 11.3 Å². The quantitative estimate of drug-likeness (QED) is 0.555. The van der Waals surface area contributed by atoms with Crippen LogP contribution in [0.2, 0.25) is 5.02 Å². The van der Waals surface area contributed by atoms with Gasteiger partial charge in [-0.2, -0.15) is 0 Å². The number of hydrogen-bond donors (Lipinski definition) is 2. The Labute approximate surface area is 127 Å². The van der Waals surface area contributed by atoms with Crippen molar-refractivity contribution in [2.75, 3.05) is 0 Å². The van der Waals surface area contributed by atoms with E-state index in [2.05, 4.69) is 42.0 Å². The van der Waals surface area contributed by atoms with Crippen molar-refractivity contribution in [2.24, 2.45) is 5.84 Å². The topological polar surface area (TPSA) is 38.0 Å². The molecule has 0 radical (unpaired) electrons. The fraction of sp³-hybridized carbons (Fsp3) is 0.125. The molecule has 0 saturated carbocycles. The van der Waals surface area contributed by atoms with Gasteiger partial charge in [0.15, 0.2) is 0 Å². The predicted molar refractivity (Wildman–Crippen MR) is 87.2 cm³/mol. The molecule has 3 aromatic rings. The van der Waals surface area contributed by atoms with E-state index >= 15 is 0 Å². The highest BCUT2D eigenvalue weighted by atomic mass is 35.5. The molecule has 0 amide bonds. The SMILES string of the molecule is Cc1cc(Cl)ccc1C(NN)c1cccc2ccsc12. The minimum absolute atomic E-state index is 0.0328. The van der Waals surface area contributed by atoms with Crippen molar-refractivity contribution < 1.29 is 0 Å². The first-order valence-corrected chi connectivity index (χ1v) is 7.65. The van der Waals surface area contributed by atoms with Crippen LogP contribution in [0.15, 0.2) is 47.8 Å². The van der Waals surface area contributed by atoms with Gasteiger partial charge in [0, 0.05) is 9.72 Å². The second kappa shape index (κ2) is 5.54. The number of hydrogen-bond acceptors (Lipinski definition) is 3. The van der Waals surface area contributed by atoms with Crippen molar-refractivity contribution in [1.82, 2.24) is 5.43 Å². The molecule has 102 valence electrons. The minimum Gasteiger partial charge on any atom is -0.271 e. The molecule has 2 nitrogen and oxygen atoms in total. The minimum atomic E-state index is -0.0328. The first-order valence-electron chi connectivity index (χ1n) is 6.39. The van der Waals surface area contributed by atoms with Crippen LogP contribution < -0.4 is 11.3 Å². The Bertz CT molecular complexity index is 751. The normalized spacial score (nSPS) is 12.8. The molecule has 1 unspecified atom stereocenters. The summed E-state index contributed by atoms with van der Waals surface area (Å²) in [5.41, 5.74) is 6.42. The average Bonchev–Trinajstić information content (AvgIpc) is 2.91. The van der Waals surface area contributed by atoms with E-state index in [9.17, 15) is 0 Å². The number of nitrogens with two attached hydrogens (primary N) is 1. The van der Waals surface area contributed by atoms with E-state index < -0.39 is 0 Å². The molecule has 20 heavy (non-hydrogen) atoms. The number of benzene rings is 2. The van der Waals surface area contributed by atoms with Crippen molar-refractivity contribution in [3.63, 3.8) is 0 Å². The third kappa shape index (κ3) is 2.34. The van der Waals surface area contributed by atoms with Crippen LogP contribution in [-0.4, -0.2) is 0 Å². The van der Waals surface area contributed by atoms with Gasteiger partial charge < -0.3 is 0 Å². The molecule has 1 heterocycles. The summed E-state index contributed by atoms with van der Waals surface area (Å²) in [4.78, 5) is 0. The zero-order valence-corrected chi connectivity index (χ0v) is 12.6. The first kappa shape index (κ1) is 13.6. The van der Waals surface area contributed by atoms with Crippen LogP contribution in [0, 0.1) is 6.92 Å². The Morgan fingerprint density at radius 1 is 1.15 bits per heavy atom. The van der Waals surface area contributed by atoms with E-state index in [1.807, 2.05) is 18.2 Å². The molecule has 1 atom stereocenters. The zero-order chi connectivity index (χ0) is 14.1. The lowest BCUT2D eigenvalue weighted by molar-refractivity contribution is 0.638. The molecular formula is C16H15ClN2S. The van der Waals surface area contributed by atoms with Crippen LogP contribution in [0.4, 0.5) is 0 Å². The largest absolute Gasteiger partial charge is 0.271 e. The first-order chi connectivity index (χ1) is 9.70. The number of aryl methyl sites for hydroxylation is 1. The second-order valence-electron chi connectivity index (χ2n) is 4.79. The maximum Gasteiger partial charge on any atom is 0.0726 e. The summed E-state index contributed by atoms with van der Waals surface area (Å²) in [6, 6.07) is 14.3. The lowest BCUT2D eigenvalue weighted by Crippen LogP contribution is -2.29. The molecular weight excluding hydrogens is 288 g/mol. The molecule has 0 fully saturated rings. The fourth-order valence-electron chi connectivity index (χ4n) is 2.55. The van der Waals surface area contributed by atoms with Crippen LogP contribution in [0.5, 0.6) is 0 Å². The van der Waals surface area contributed by atoms with E-state index in [4.69, 9.17) is 17.4 Å². The molecule has 0 aliphatic carbocycles. The van der Waals surface area contributed by atoms with Gasteiger partial charge in [0.1, 0.15) is 0 Å². The van der Waals surface area contributed by atoms with Gasteiger partial charge in [-0.25, -0.2) is 5.43 Å². The second-order valence-corrected chi connectivity index (χ2v) is 6.14. The van der Waals surface area contributed by atoms with E-state index in [0.29, 0.717) is 0 Å². The van der Waals surface area contributed by atoms with E-state index in [1.165, 1.54) is 15.6 Å². The third-order valence-corrected chi connectivity index (χ3v) is 4.74. The van der Waals surface area contributed by atoms with E-state index in [-0.39, 0.29) is 6.04 Å². The number of rotatable bonds is 3. The van der Waals surface area contributed by atoms with Crippen molar-refractivity contribution in [3.05, 3.63) is 69.6 Å². The number of halogens is 1. The van der Waals surface area contributed by atoms with E-state index in [0.717, 1.165) is 16.1 Å². The molecule has 3 N–H and O–H groups in total. The van der Waals surface area contributed by atoms with Crippen LogP contribution in [0.3, 0.4) is 0 Å². The molecule has 4 heteroatoms. The summed E-state index contributed by atoms with van der Waals surface area (Å²) in [6.45, 7) is 2.06. The number of fused-ring (bicyclic) bond motifs is 1. The standard InChI is InChI=1S/C16H15ClN2S/c1-10-9-12(17)5-6-13(10)15(19-18)14-4-2-3-11-7-8-20-16(11)14/h2-9,15,19H,18H2,1H3. The third-order valence-electron chi connectivity index (χ3n) is 3.53. The molecule has 3 rings (SSSR count). The summed E-state index contributed by atoms with van der Waals surface area (Å²) in [5, 5.41) is 4.10. The Kier molecular flexibility index (Phi) is 3.76. The Hall–Kier alpha value is -1.39. The number of thiophene rings is 1. The molecule has 0 saturated heterocycles. The highest BCUT2D eigenvalue weighted by Gasteiger charge is 2.17. The van der Waals surface area contributed by atoms with Crippen molar-refractivity contribution in [3.8, 4) is 0 Å². The van der Waals surface area contributed by atoms with Gasteiger partial charge in [0.05, 0.1) is 6.04 Å². The molecule has 2 aromatic carbocycles. The lowest BCUT2D eigenvalue weighted by Gasteiger charge is -2.20. The lowest BCUT2D eigenvalue weighted by atomic mass is 9.95. The summed E-state index contributed by atoms with van der Waals surface area (Å²) in [5.74, 6) is 5.83. The Balaban J connectivity index is 2.16. The predicted octanol–water partition coefficient (Wildman–Crippen LogP) is 4.42. The monoisotopic (exact) mass is 302 g/mol. The number of hydrazine groups is 1. The molecule has 0 aliphatic rings. The maximum absolute atomic E-state index is 6.04. The molecule has 1 aromatic heterocycles.